The lowest BCUT2D eigenvalue weighted by Gasteiger charge is -2.30. The molecule has 1 amide bonds. The van der Waals surface area contributed by atoms with Gasteiger partial charge in [0.25, 0.3) is 0 Å². The number of ether oxygens (including phenoxy) is 1. The Morgan fingerprint density at radius 3 is 2.80 bits per heavy atom. The first-order valence-corrected chi connectivity index (χ1v) is 9.89. The number of nitrogens with two attached hydrogens (primary N) is 1. The van der Waals surface area contributed by atoms with Gasteiger partial charge in [-0.3, -0.25) is 4.79 Å². The number of amides is 1. The highest BCUT2D eigenvalue weighted by atomic mass is 35.5. The SMILES string of the molecule is CCOc1ccc(-c2noc(CCC(=O)N3CCCc4c(N)cccc43)n2)cc1.Cl. The lowest BCUT2D eigenvalue weighted by atomic mass is 9.99. The van der Waals surface area contributed by atoms with Gasteiger partial charge in [0, 0.05) is 36.3 Å². The van der Waals surface area contributed by atoms with Crippen molar-refractivity contribution >= 4 is 29.7 Å². The molecule has 2 aromatic carbocycles. The molecule has 3 aromatic rings. The van der Waals surface area contributed by atoms with Crippen LogP contribution in [0.4, 0.5) is 11.4 Å². The highest BCUT2D eigenvalue weighted by Gasteiger charge is 2.24. The lowest BCUT2D eigenvalue weighted by Crippen LogP contribution is -2.35. The maximum atomic E-state index is 12.8. The van der Waals surface area contributed by atoms with Crippen molar-refractivity contribution in [3.63, 3.8) is 0 Å². The maximum Gasteiger partial charge on any atom is 0.227 e. The predicted molar refractivity (Wildman–Crippen MR) is 118 cm³/mol. The molecule has 0 bridgehead atoms. The molecule has 0 atom stereocenters. The van der Waals surface area contributed by atoms with Crippen molar-refractivity contribution in [2.45, 2.75) is 32.6 Å². The summed E-state index contributed by atoms with van der Waals surface area (Å²) >= 11 is 0. The van der Waals surface area contributed by atoms with Crippen LogP contribution >= 0.6 is 12.4 Å². The molecule has 0 fully saturated rings. The third-order valence-corrected chi connectivity index (χ3v) is 5.03. The summed E-state index contributed by atoms with van der Waals surface area (Å²) in [6.45, 7) is 3.27. The van der Waals surface area contributed by atoms with Crippen molar-refractivity contribution in [3.05, 3.63) is 53.9 Å². The van der Waals surface area contributed by atoms with Gasteiger partial charge in [-0.05, 0) is 61.7 Å². The van der Waals surface area contributed by atoms with Crippen molar-refractivity contribution < 1.29 is 14.1 Å². The number of carbonyl (C=O) groups is 1. The van der Waals surface area contributed by atoms with Gasteiger partial charge in [-0.25, -0.2) is 0 Å². The van der Waals surface area contributed by atoms with Gasteiger partial charge in [0.15, 0.2) is 0 Å². The van der Waals surface area contributed by atoms with Gasteiger partial charge in [0.2, 0.25) is 17.6 Å². The molecule has 7 nitrogen and oxygen atoms in total. The fraction of sp³-hybridized carbons (Fsp3) is 0.318. The van der Waals surface area contributed by atoms with E-state index in [2.05, 4.69) is 10.1 Å². The maximum absolute atomic E-state index is 12.8. The topological polar surface area (TPSA) is 94.5 Å². The Labute approximate surface area is 181 Å². The van der Waals surface area contributed by atoms with Crippen molar-refractivity contribution in [2.75, 3.05) is 23.8 Å². The number of aryl methyl sites for hydroxylation is 1. The summed E-state index contributed by atoms with van der Waals surface area (Å²) in [7, 11) is 0. The number of halogens is 1. The largest absolute Gasteiger partial charge is 0.494 e. The van der Waals surface area contributed by atoms with E-state index < -0.39 is 0 Å². The Bertz CT molecular complexity index is 1000. The Kier molecular flexibility index (Phi) is 6.95. The van der Waals surface area contributed by atoms with E-state index in [1.54, 1.807) is 0 Å². The number of hydrogen-bond donors (Lipinski definition) is 1. The second-order valence-electron chi connectivity index (χ2n) is 6.96. The van der Waals surface area contributed by atoms with Crippen LogP contribution in [0.3, 0.4) is 0 Å². The average molecular weight is 429 g/mol. The van der Waals surface area contributed by atoms with Crippen LogP contribution in [0, 0.1) is 0 Å². The minimum atomic E-state index is 0. The molecular formula is C22H25ClN4O3. The summed E-state index contributed by atoms with van der Waals surface area (Å²) in [5.41, 5.74) is 9.64. The molecule has 0 saturated heterocycles. The van der Waals surface area contributed by atoms with Crippen LogP contribution in [-0.2, 0) is 17.6 Å². The number of nitrogens with zero attached hydrogens (tertiary/aromatic N) is 3. The third-order valence-electron chi connectivity index (χ3n) is 5.03. The number of nitrogen functional groups attached to an aromatic ring is 1. The molecule has 0 radical (unpaired) electrons. The minimum absolute atomic E-state index is 0. The minimum Gasteiger partial charge on any atom is -0.494 e. The second kappa shape index (κ2) is 9.63. The van der Waals surface area contributed by atoms with Gasteiger partial charge in [-0.15, -0.1) is 12.4 Å². The van der Waals surface area contributed by atoms with E-state index in [9.17, 15) is 4.79 Å². The van der Waals surface area contributed by atoms with Gasteiger partial charge in [0.05, 0.1) is 6.61 Å². The van der Waals surface area contributed by atoms with Crippen molar-refractivity contribution in [3.8, 4) is 17.1 Å². The zero-order valence-corrected chi connectivity index (χ0v) is 17.7. The first-order valence-electron chi connectivity index (χ1n) is 9.89. The number of benzene rings is 2. The van der Waals surface area contributed by atoms with Crippen LogP contribution in [-0.4, -0.2) is 29.2 Å². The quantitative estimate of drug-likeness (QED) is 0.595. The normalized spacial score (nSPS) is 12.8. The Balaban J connectivity index is 0.00000256. The Hall–Kier alpha value is -3.06. The van der Waals surface area contributed by atoms with E-state index in [0.717, 1.165) is 41.1 Å². The van der Waals surface area contributed by atoms with E-state index >= 15 is 0 Å². The zero-order valence-electron chi connectivity index (χ0n) is 16.8. The van der Waals surface area contributed by atoms with Crippen LogP contribution in [0.15, 0.2) is 47.0 Å². The van der Waals surface area contributed by atoms with Crippen molar-refractivity contribution in [1.82, 2.24) is 10.1 Å². The molecule has 1 aliphatic rings. The molecule has 8 heteroatoms. The van der Waals surface area contributed by atoms with Crippen LogP contribution in [0.1, 0.15) is 31.2 Å². The molecule has 0 saturated carbocycles. The molecule has 0 aliphatic carbocycles. The van der Waals surface area contributed by atoms with Gasteiger partial charge in [-0.1, -0.05) is 11.2 Å². The fourth-order valence-electron chi connectivity index (χ4n) is 3.60. The van der Waals surface area contributed by atoms with E-state index in [1.807, 2.05) is 54.3 Å². The van der Waals surface area contributed by atoms with E-state index in [1.165, 1.54) is 0 Å². The Morgan fingerprint density at radius 1 is 1.23 bits per heavy atom. The molecular weight excluding hydrogens is 404 g/mol. The molecule has 30 heavy (non-hydrogen) atoms. The standard InChI is InChI=1S/C22H24N4O3.ClH/c1-2-28-16-10-8-15(9-11-16)22-24-20(29-25-22)12-13-21(27)26-14-4-5-17-18(23)6-3-7-19(17)26;/h3,6-11H,2,4-5,12-14,23H2,1H3;1H. The zero-order chi connectivity index (χ0) is 20.2. The third kappa shape index (κ3) is 4.57. The smallest absolute Gasteiger partial charge is 0.227 e. The predicted octanol–water partition coefficient (Wildman–Crippen LogP) is 4.05. The number of aromatic nitrogens is 2. The van der Waals surface area contributed by atoms with Gasteiger partial charge < -0.3 is 19.9 Å². The molecule has 1 aromatic heterocycles. The highest BCUT2D eigenvalue weighted by Crippen LogP contribution is 2.31. The summed E-state index contributed by atoms with van der Waals surface area (Å²) in [4.78, 5) is 19.0. The van der Waals surface area contributed by atoms with Crippen LogP contribution < -0.4 is 15.4 Å². The summed E-state index contributed by atoms with van der Waals surface area (Å²) in [5.74, 6) is 1.80. The lowest BCUT2D eigenvalue weighted by molar-refractivity contribution is -0.118. The first-order chi connectivity index (χ1) is 14.2. The van der Waals surface area contributed by atoms with E-state index in [4.69, 9.17) is 15.0 Å². The fourth-order valence-corrected chi connectivity index (χ4v) is 3.60. The molecule has 158 valence electrons. The summed E-state index contributed by atoms with van der Waals surface area (Å²) in [6.07, 6.45) is 2.52. The molecule has 2 N–H and O–H groups in total. The van der Waals surface area contributed by atoms with Gasteiger partial charge in [-0.2, -0.15) is 4.98 Å². The summed E-state index contributed by atoms with van der Waals surface area (Å²) in [6, 6.07) is 13.3. The molecule has 0 spiro atoms. The van der Waals surface area contributed by atoms with Crippen LogP contribution in [0.5, 0.6) is 5.75 Å². The first kappa shape index (κ1) is 21.6. The number of carbonyl (C=O) groups excluding carboxylic acids is 1. The van der Waals surface area contributed by atoms with Gasteiger partial charge >= 0.3 is 0 Å². The van der Waals surface area contributed by atoms with Gasteiger partial charge in [0.1, 0.15) is 5.75 Å². The molecule has 0 unspecified atom stereocenters. The van der Waals surface area contributed by atoms with E-state index in [0.29, 0.717) is 37.7 Å². The number of hydrogen-bond acceptors (Lipinski definition) is 6. The van der Waals surface area contributed by atoms with Crippen molar-refractivity contribution in [1.29, 1.82) is 0 Å². The van der Waals surface area contributed by atoms with E-state index in [-0.39, 0.29) is 18.3 Å². The molecule has 4 rings (SSSR count). The number of anilines is 2. The second-order valence-corrected chi connectivity index (χ2v) is 6.96. The van der Waals surface area contributed by atoms with Crippen LogP contribution in [0.25, 0.3) is 11.4 Å². The van der Waals surface area contributed by atoms with Crippen LogP contribution in [0.2, 0.25) is 0 Å². The van der Waals surface area contributed by atoms with Crippen molar-refractivity contribution in [2.24, 2.45) is 0 Å². The highest BCUT2D eigenvalue weighted by molar-refractivity contribution is 5.95. The average Bonchev–Trinajstić information content (AvgIpc) is 3.22. The summed E-state index contributed by atoms with van der Waals surface area (Å²) < 4.78 is 10.8. The Morgan fingerprint density at radius 2 is 2.03 bits per heavy atom. The monoisotopic (exact) mass is 428 g/mol. The molecule has 2 heterocycles. The summed E-state index contributed by atoms with van der Waals surface area (Å²) in [5, 5.41) is 4.03. The number of fused-ring (bicyclic) bond motifs is 1. The number of rotatable bonds is 6. The molecule has 1 aliphatic heterocycles.